The van der Waals surface area contributed by atoms with Crippen molar-refractivity contribution in [3.63, 3.8) is 0 Å². The minimum Gasteiger partial charge on any atom is -0.461 e. The first-order valence-corrected chi connectivity index (χ1v) is 12.1. The smallest absolute Gasteiger partial charge is 0.338 e. The Morgan fingerprint density at radius 3 is 1.84 bits per heavy atom. The number of hydrogen-bond donors (Lipinski definition) is 1. The monoisotopic (exact) mass is 446 g/mol. The highest BCUT2D eigenvalue weighted by Crippen LogP contribution is 2.30. The van der Waals surface area contributed by atoms with Crippen LogP contribution in [0.3, 0.4) is 0 Å². The molecule has 2 rings (SSSR count). The van der Waals surface area contributed by atoms with E-state index in [2.05, 4.69) is 23.5 Å². The number of carbonyl (C=O) groups is 1. The summed E-state index contributed by atoms with van der Waals surface area (Å²) in [7, 11) is -3.77. The molecule has 0 aliphatic rings. The molecule has 2 aromatic carbocycles. The van der Waals surface area contributed by atoms with Crippen molar-refractivity contribution < 1.29 is 17.9 Å². The highest BCUT2D eigenvalue weighted by Gasteiger charge is 2.24. The van der Waals surface area contributed by atoms with Crippen LogP contribution in [0.2, 0.25) is 0 Å². The fourth-order valence-corrected chi connectivity index (χ4v) is 5.30. The van der Waals surface area contributed by atoms with Crippen LogP contribution in [-0.2, 0) is 14.8 Å². The molecule has 170 valence electrons. The van der Waals surface area contributed by atoms with Crippen molar-refractivity contribution in [1.82, 2.24) is 4.90 Å². The van der Waals surface area contributed by atoms with E-state index < -0.39 is 16.0 Å². The second-order valence-electron chi connectivity index (χ2n) is 7.80. The lowest BCUT2D eigenvalue weighted by molar-refractivity contribution is 0.0466. The van der Waals surface area contributed by atoms with Crippen molar-refractivity contribution in [3.8, 4) is 0 Å². The van der Waals surface area contributed by atoms with Gasteiger partial charge in [-0.2, -0.15) is 0 Å². The van der Waals surface area contributed by atoms with Crippen LogP contribution in [0.4, 0.5) is 5.69 Å². The zero-order valence-corrected chi connectivity index (χ0v) is 20.4. The topological polar surface area (TPSA) is 75.7 Å². The molecule has 0 spiro atoms. The van der Waals surface area contributed by atoms with Crippen molar-refractivity contribution in [2.45, 2.75) is 53.4 Å². The van der Waals surface area contributed by atoms with E-state index in [1.807, 2.05) is 34.6 Å². The van der Waals surface area contributed by atoms with Crippen molar-refractivity contribution in [2.75, 3.05) is 31.0 Å². The fourth-order valence-electron chi connectivity index (χ4n) is 3.64. The zero-order valence-electron chi connectivity index (χ0n) is 19.6. The molecule has 0 saturated carbocycles. The molecule has 6 nitrogen and oxygen atoms in total. The van der Waals surface area contributed by atoms with Gasteiger partial charge in [0.25, 0.3) is 10.0 Å². The van der Waals surface area contributed by atoms with Gasteiger partial charge in [0.1, 0.15) is 6.61 Å². The SMILES string of the molecule is CCN(CC)CCOC(=O)c1ccc(NS(=O)(=O)c2c(C)c(C)c(C)c(C)c2C)cc1. The van der Waals surface area contributed by atoms with Gasteiger partial charge in [-0.15, -0.1) is 0 Å². The molecule has 0 bridgehead atoms. The van der Waals surface area contributed by atoms with Gasteiger partial charge < -0.3 is 9.64 Å². The third-order valence-electron chi connectivity index (χ3n) is 6.11. The number of sulfonamides is 1. The third-order valence-corrected chi connectivity index (χ3v) is 7.76. The minimum absolute atomic E-state index is 0.313. The molecule has 0 atom stereocenters. The van der Waals surface area contributed by atoms with Gasteiger partial charge >= 0.3 is 5.97 Å². The molecule has 31 heavy (non-hydrogen) atoms. The van der Waals surface area contributed by atoms with Crippen molar-refractivity contribution in [2.24, 2.45) is 0 Å². The molecule has 0 fully saturated rings. The number of nitrogens with one attached hydrogen (secondary N) is 1. The van der Waals surface area contributed by atoms with Gasteiger partial charge in [0.2, 0.25) is 0 Å². The quantitative estimate of drug-likeness (QED) is 0.573. The molecule has 0 saturated heterocycles. The maximum absolute atomic E-state index is 13.1. The Morgan fingerprint density at radius 1 is 0.871 bits per heavy atom. The average Bonchev–Trinajstić information content (AvgIpc) is 2.74. The summed E-state index contributed by atoms with van der Waals surface area (Å²) in [5.74, 6) is -0.418. The normalized spacial score (nSPS) is 11.6. The van der Waals surface area contributed by atoms with Crippen LogP contribution in [0, 0.1) is 34.6 Å². The number of hydrogen-bond acceptors (Lipinski definition) is 5. The molecule has 7 heteroatoms. The Balaban J connectivity index is 2.15. The first-order chi connectivity index (χ1) is 14.5. The van der Waals surface area contributed by atoms with Gasteiger partial charge in [0.05, 0.1) is 10.5 Å². The van der Waals surface area contributed by atoms with E-state index in [0.717, 1.165) is 40.9 Å². The fraction of sp³-hybridized carbons (Fsp3) is 0.458. The summed E-state index contributed by atoms with van der Waals surface area (Å²) >= 11 is 0. The van der Waals surface area contributed by atoms with Crippen LogP contribution in [0.25, 0.3) is 0 Å². The second kappa shape index (κ2) is 10.3. The first kappa shape index (κ1) is 24.9. The summed E-state index contributed by atoms with van der Waals surface area (Å²) < 4.78 is 34.2. The van der Waals surface area contributed by atoms with Gasteiger partial charge in [-0.3, -0.25) is 4.72 Å². The number of nitrogens with zero attached hydrogens (tertiary/aromatic N) is 1. The van der Waals surface area contributed by atoms with Crippen LogP contribution >= 0.6 is 0 Å². The molecule has 0 heterocycles. The Labute approximate surface area is 186 Å². The van der Waals surface area contributed by atoms with Gasteiger partial charge in [0, 0.05) is 12.2 Å². The summed E-state index contributed by atoms with van der Waals surface area (Å²) in [5, 5.41) is 0. The average molecular weight is 447 g/mol. The summed E-state index contributed by atoms with van der Waals surface area (Å²) in [4.78, 5) is 14.7. The number of rotatable bonds is 9. The molecule has 0 aromatic heterocycles. The van der Waals surface area contributed by atoms with Crippen LogP contribution in [0.15, 0.2) is 29.2 Å². The van der Waals surface area contributed by atoms with E-state index in [4.69, 9.17) is 4.74 Å². The van der Waals surface area contributed by atoms with Gasteiger partial charge in [-0.25, -0.2) is 13.2 Å². The molecular formula is C24H34N2O4S. The van der Waals surface area contributed by atoms with Gasteiger partial charge in [-0.05, 0) is 99.8 Å². The molecule has 0 amide bonds. The van der Waals surface area contributed by atoms with E-state index >= 15 is 0 Å². The molecule has 0 unspecified atom stereocenters. The minimum atomic E-state index is -3.77. The predicted molar refractivity (Wildman–Crippen MR) is 125 cm³/mol. The molecular weight excluding hydrogens is 412 g/mol. The lowest BCUT2D eigenvalue weighted by atomic mass is 9.95. The molecule has 1 N–H and O–H groups in total. The summed E-state index contributed by atoms with van der Waals surface area (Å²) in [6.07, 6.45) is 0. The molecule has 0 radical (unpaired) electrons. The van der Waals surface area contributed by atoms with Crippen LogP contribution in [0.5, 0.6) is 0 Å². The van der Waals surface area contributed by atoms with Crippen molar-refractivity contribution in [1.29, 1.82) is 0 Å². The lowest BCUT2D eigenvalue weighted by Gasteiger charge is -2.19. The van der Waals surface area contributed by atoms with Crippen molar-refractivity contribution in [3.05, 3.63) is 57.6 Å². The van der Waals surface area contributed by atoms with E-state index in [-0.39, 0.29) is 0 Å². The van der Waals surface area contributed by atoms with E-state index in [1.54, 1.807) is 24.3 Å². The summed E-state index contributed by atoms with van der Waals surface area (Å²) in [5.41, 5.74) is 5.35. The highest BCUT2D eigenvalue weighted by molar-refractivity contribution is 7.92. The third kappa shape index (κ3) is 5.66. The van der Waals surface area contributed by atoms with Crippen molar-refractivity contribution >= 4 is 21.7 Å². The van der Waals surface area contributed by atoms with Crippen LogP contribution in [0.1, 0.15) is 52.0 Å². The Kier molecular flexibility index (Phi) is 8.26. The maximum Gasteiger partial charge on any atom is 0.338 e. The van der Waals surface area contributed by atoms with Gasteiger partial charge in [0.15, 0.2) is 0 Å². The van der Waals surface area contributed by atoms with E-state index in [0.29, 0.717) is 29.3 Å². The van der Waals surface area contributed by atoms with Crippen LogP contribution < -0.4 is 4.72 Å². The number of carbonyl (C=O) groups excluding carboxylic acids is 1. The zero-order chi connectivity index (χ0) is 23.3. The Hall–Kier alpha value is -2.38. The number of esters is 1. The molecule has 0 aliphatic carbocycles. The standard InChI is InChI=1S/C24H34N2O4S/c1-8-26(9-2)14-15-30-24(27)21-10-12-22(13-11-21)25-31(28,29)23-19(6)17(4)16(3)18(5)20(23)7/h10-13,25H,8-9,14-15H2,1-7H3. The Morgan fingerprint density at radius 2 is 1.35 bits per heavy atom. The number of likely N-dealkylation sites (N-methyl/N-ethyl adjacent to an activating group) is 1. The number of ether oxygens (including phenoxy) is 1. The highest BCUT2D eigenvalue weighted by atomic mass is 32.2. The predicted octanol–water partition coefficient (Wildman–Crippen LogP) is 4.53. The van der Waals surface area contributed by atoms with E-state index in [1.165, 1.54) is 0 Å². The second-order valence-corrected chi connectivity index (χ2v) is 9.42. The van der Waals surface area contributed by atoms with Crippen LogP contribution in [-0.4, -0.2) is 45.5 Å². The number of anilines is 1. The molecule has 0 aliphatic heterocycles. The molecule has 2 aromatic rings. The maximum atomic E-state index is 13.1. The summed E-state index contributed by atoms with van der Waals surface area (Å²) in [6, 6.07) is 6.31. The van der Waals surface area contributed by atoms with E-state index in [9.17, 15) is 13.2 Å². The largest absolute Gasteiger partial charge is 0.461 e. The number of benzene rings is 2. The summed E-state index contributed by atoms with van der Waals surface area (Å²) in [6.45, 7) is 16.5. The first-order valence-electron chi connectivity index (χ1n) is 10.6. The lowest BCUT2D eigenvalue weighted by Crippen LogP contribution is -2.27. The Bertz CT molecular complexity index is 1010. The van der Waals surface area contributed by atoms with Gasteiger partial charge in [-0.1, -0.05) is 13.8 Å².